The highest BCUT2D eigenvalue weighted by Gasteiger charge is 2.30. The number of benzene rings is 1. The number of anilines is 1. The van der Waals surface area contributed by atoms with Gasteiger partial charge in [-0.15, -0.1) is 0 Å². The molecule has 1 saturated heterocycles. The van der Waals surface area contributed by atoms with Gasteiger partial charge in [0, 0.05) is 6.61 Å². The van der Waals surface area contributed by atoms with E-state index in [1.54, 1.807) is 36.6 Å². The molecule has 2 amide bonds. The molecule has 1 aromatic carbocycles. The number of nitrogens with one attached hydrogen (secondary N) is 1. The molecule has 7 nitrogen and oxygen atoms in total. The summed E-state index contributed by atoms with van der Waals surface area (Å²) in [5, 5.41) is 2.79. The van der Waals surface area contributed by atoms with Crippen molar-refractivity contribution in [2.45, 2.75) is 25.5 Å². The van der Waals surface area contributed by atoms with Crippen molar-refractivity contribution in [3.05, 3.63) is 48.4 Å². The lowest BCUT2D eigenvalue weighted by molar-refractivity contribution is -0.144. The predicted molar refractivity (Wildman–Crippen MR) is 94.7 cm³/mol. The zero-order chi connectivity index (χ0) is 18.4. The summed E-state index contributed by atoms with van der Waals surface area (Å²) in [7, 11) is 1.54. The summed E-state index contributed by atoms with van der Waals surface area (Å²) in [6, 6.07) is 10.6. The number of methoxy groups -OCH3 is 1. The van der Waals surface area contributed by atoms with Crippen LogP contribution in [-0.2, 0) is 20.9 Å². The minimum atomic E-state index is -0.496. The number of rotatable bonds is 7. The Labute approximate surface area is 151 Å². The fourth-order valence-electron chi connectivity index (χ4n) is 2.89. The first-order valence-electron chi connectivity index (χ1n) is 8.53. The molecule has 138 valence electrons. The van der Waals surface area contributed by atoms with Crippen molar-refractivity contribution in [2.75, 3.05) is 25.6 Å². The molecule has 0 radical (unpaired) electrons. The minimum Gasteiger partial charge on any atom is -0.495 e. The van der Waals surface area contributed by atoms with E-state index in [2.05, 4.69) is 5.32 Å². The Morgan fingerprint density at radius 3 is 2.81 bits per heavy atom. The maximum atomic E-state index is 12.7. The van der Waals surface area contributed by atoms with Crippen LogP contribution in [0.15, 0.2) is 47.1 Å². The Balaban J connectivity index is 1.69. The first-order valence-corrected chi connectivity index (χ1v) is 8.53. The van der Waals surface area contributed by atoms with Gasteiger partial charge in [-0.3, -0.25) is 9.59 Å². The molecule has 0 bridgehead atoms. The Morgan fingerprint density at radius 2 is 2.12 bits per heavy atom. The van der Waals surface area contributed by atoms with Gasteiger partial charge in [-0.2, -0.15) is 0 Å². The number of ether oxygens (including phenoxy) is 2. The summed E-state index contributed by atoms with van der Waals surface area (Å²) >= 11 is 0. The third-order valence-electron chi connectivity index (χ3n) is 4.16. The molecule has 1 fully saturated rings. The van der Waals surface area contributed by atoms with Crippen LogP contribution in [-0.4, -0.2) is 43.1 Å². The van der Waals surface area contributed by atoms with Crippen molar-refractivity contribution >= 4 is 17.5 Å². The van der Waals surface area contributed by atoms with E-state index in [0.717, 1.165) is 6.42 Å². The van der Waals surface area contributed by atoms with E-state index < -0.39 is 6.10 Å². The van der Waals surface area contributed by atoms with E-state index in [-0.39, 0.29) is 24.9 Å². The highest BCUT2D eigenvalue weighted by atomic mass is 16.5. The van der Waals surface area contributed by atoms with Crippen molar-refractivity contribution in [1.29, 1.82) is 0 Å². The number of amides is 2. The second kappa shape index (κ2) is 8.53. The van der Waals surface area contributed by atoms with Gasteiger partial charge in [-0.1, -0.05) is 12.1 Å². The Kier molecular flexibility index (Phi) is 5.91. The van der Waals surface area contributed by atoms with Crippen LogP contribution in [0.1, 0.15) is 18.6 Å². The lowest BCUT2D eigenvalue weighted by Gasteiger charge is -2.24. The molecule has 0 unspecified atom stereocenters. The summed E-state index contributed by atoms with van der Waals surface area (Å²) in [6.07, 6.45) is 2.56. The van der Waals surface area contributed by atoms with E-state index in [4.69, 9.17) is 13.9 Å². The van der Waals surface area contributed by atoms with E-state index in [1.165, 1.54) is 12.0 Å². The Hall–Kier alpha value is -2.80. The molecule has 1 atom stereocenters. The highest BCUT2D eigenvalue weighted by molar-refractivity contribution is 5.96. The topological polar surface area (TPSA) is 81.0 Å². The van der Waals surface area contributed by atoms with Crippen molar-refractivity contribution in [3.8, 4) is 5.75 Å². The third-order valence-corrected chi connectivity index (χ3v) is 4.16. The summed E-state index contributed by atoms with van der Waals surface area (Å²) in [5.41, 5.74) is 0.558. The fraction of sp³-hybridized carbons (Fsp3) is 0.368. The van der Waals surface area contributed by atoms with Crippen molar-refractivity contribution in [3.63, 3.8) is 0 Å². The maximum absolute atomic E-state index is 12.7. The summed E-state index contributed by atoms with van der Waals surface area (Å²) in [4.78, 5) is 26.7. The van der Waals surface area contributed by atoms with E-state index >= 15 is 0 Å². The molecule has 0 aliphatic carbocycles. The molecule has 0 spiro atoms. The van der Waals surface area contributed by atoms with Gasteiger partial charge in [0.15, 0.2) is 0 Å². The lowest BCUT2D eigenvalue weighted by Crippen LogP contribution is -2.42. The first-order chi connectivity index (χ1) is 12.7. The van der Waals surface area contributed by atoms with Gasteiger partial charge < -0.3 is 24.1 Å². The van der Waals surface area contributed by atoms with Crippen LogP contribution in [0.25, 0.3) is 0 Å². The predicted octanol–water partition coefficient (Wildman–Crippen LogP) is 2.43. The van der Waals surface area contributed by atoms with Gasteiger partial charge >= 0.3 is 0 Å². The summed E-state index contributed by atoms with van der Waals surface area (Å²) in [6.45, 7) is 0.681. The van der Waals surface area contributed by atoms with E-state index in [1.807, 2.05) is 6.07 Å². The second-order valence-electron chi connectivity index (χ2n) is 6.02. The van der Waals surface area contributed by atoms with Crippen molar-refractivity contribution in [2.24, 2.45) is 0 Å². The number of hydrogen-bond acceptors (Lipinski definition) is 5. The van der Waals surface area contributed by atoms with Gasteiger partial charge in [0.25, 0.3) is 5.91 Å². The van der Waals surface area contributed by atoms with Gasteiger partial charge in [0.2, 0.25) is 5.91 Å². The average Bonchev–Trinajstić information content (AvgIpc) is 3.35. The molecule has 7 heteroatoms. The number of hydrogen-bond donors (Lipinski definition) is 1. The van der Waals surface area contributed by atoms with Crippen LogP contribution in [0.5, 0.6) is 5.75 Å². The fourth-order valence-corrected chi connectivity index (χ4v) is 2.89. The molecule has 2 heterocycles. The molecule has 3 rings (SSSR count). The molecular weight excluding hydrogens is 336 g/mol. The van der Waals surface area contributed by atoms with Crippen molar-refractivity contribution < 1.29 is 23.5 Å². The minimum absolute atomic E-state index is 0.0998. The van der Waals surface area contributed by atoms with Gasteiger partial charge in [0.1, 0.15) is 24.2 Å². The number of carbonyl (C=O) groups excluding carboxylic acids is 2. The third kappa shape index (κ3) is 4.43. The monoisotopic (exact) mass is 358 g/mol. The standard InChI is InChI=1S/C19H22N2O5/c1-24-16-8-3-2-7-15(16)20-18(22)13-21(12-14-6-4-10-25-14)19(23)17-9-5-11-26-17/h2-4,6-8,10,17H,5,9,11-13H2,1H3,(H,20,22)/t17-/m0/s1. The maximum Gasteiger partial charge on any atom is 0.252 e. The summed E-state index contributed by atoms with van der Waals surface area (Å²) in [5.74, 6) is 0.659. The van der Waals surface area contributed by atoms with Crippen LogP contribution in [0, 0.1) is 0 Å². The molecule has 0 saturated carbocycles. The molecule has 1 aliphatic rings. The SMILES string of the molecule is COc1ccccc1NC(=O)CN(Cc1ccco1)C(=O)[C@@H]1CCCO1. The largest absolute Gasteiger partial charge is 0.495 e. The van der Waals surface area contributed by atoms with Gasteiger partial charge in [0.05, 0.1) is 25.6 Å². The van der Waals surface area contributed by atoms with E-state index in [0.29, 0.717) is 30.2 Å². The highest BCUT2D eigenvalue weighted by Crippen LogP contribution is 2.23. The Bertz CT molecular complexity index is 738. The molecule has 1 aromatic heterocycles. The molecular formula is C19H22N2O5. The van der Waals surface area contributed by atoms with Crippen LogP contribution in [0.2, 0.25) is 0 Å². The summed E-state index contributed by atoms with van der Waals surface area (Å²) < 4.78 is 16.0. The zero-order valence-electron chi connectivity index (χ0n) is 14.6. The molecule has 1 N–H and O–H groups in total. The second-order valence-corrected chi connectivity index (χ2v) is 6.02. The number of furan rings is 1. The molecule has 26 heavy (non-hydrogen) atoms. The lowest BCUT2D eigenvalue weighted by atomic mass is 10.2. The molecule has 1 aliphatic heterocycles. The van der Waals surface area contributed by atoms with Crippen LogP contribution in [0.4, 0.5) is 5.69 Å². The quantitative estimate of drug-likeness (QED) is 0.822. The first kappa shape index (κ1) is 18.0. The normalized spacial score (nSPS) is 16.3. The van der Waals surface area contributed by atoms with Crippen LogP contribution < -0.4 is 10.1 Å². The van der Waals surface area contributed by atoms with E-state index in [9.17, 15) is 9.59 Å². The van der Waals surface area contributed by atoms with Crippen LogP contribution in [0.3, 0.4) is 0 Å². The number of nitrogens with zero attached hydrogens (tertiary/aromatic N) is 1. The number of para-hydroxylation sites is 2. The zero-order valence-corrected chi connectivity index (χ0v) is 14.6. The van der Waals surface area contributed by atoms with Gasteiger partial charge in [-0.05, 0) is 37.1 Å². The average molecular weight is 358 g/mol. The number of carbonyl (C=O) groups is 2. The van der Waals surface area contributed by atoms with Crippen molar-refractivity contribution in [1.82, 2.24) is 4.90 Å². The smallest absolute Gasteiger partial charge is 0.252 e. The molecule has 2 aromatic rings. The van der Waals surface area contributed by atoms with Gasteiger partial charge in [-0.25, -0.2) is 0 Å². The Morgan fingerprint density at radius 1 is 1.27 bits per heavy atom. The van der Waals surface area contributed by atoms with Crippen LogP contribution >= 0.6 is 0 Å².